The normalized spacial score (nSPS) is 15.3. The van der Waals surface area contributed by atoms with Gasteiger partial charge in [-0.2, -0.15) is 0 Å². The second-order valence-corrected chi connectivity index (χ2v) is 5.13. The quantitative estimate of drug-likeness (QED) is 0.490. The summed E-state index contributed by atoms with van der Waals surface area (Å²) in [5.74, 6) is 5.51. The zero-order valence-corrected chi connectivity index (χ0v) is 11.2. The van der Waals surface area contributed by atoms with Crippen LogP contribution in [-0.4, -0.2) is 26.7 Å². The van der Waals surface area contributed by atoms with E-state index in [1.807, 2.05) is 0 Å². The number of benzene rings is 1. The van der Waals surface area contributed by atoms with Gasteiger partial charge in [0.15, 0.2) is 0 Å². The molecule has 0 aromatic heterocycles. The van der Waals surface area contributed by atoms with Crippen LogP contribution in [0.1, 0.15) is 12.0 Å². The number of rotatable bonds is 4. The van der Waals surface area contributed by atoms with Crippen molar-refractivity contribution < 1.29 is 14.5 Å². The van der Waals surface area contributed by atoms with Crippen molar-refractivity contribution in [1.29, 1.82) is 0 Å². The molecule has 1 heterocycles. The summed E-state index contributed by atoms with van der Waals surface area (Å²) in [4.78, 5) is 34.8. The van der Waals surface area contributed by atoms with Gasteiger partial charge in [-0.15, -0.1) is 0 Å². The first-order valence-electron chi connectivity index (χ1n) is 5.74. The van der Waals surface area contributed by atoms with Crippen LogP contribution in [0.4, 0.5) is 16.2 Å². The number of hydrogen-bond donors (Lipinski definition) is 2. The Balaban J connectivity index is 2.31. The van der Waals surface area contributed by atoms with Gasteiger partial charge >= 0.3 is 0 Å². The molecule has 0 saturated carbocycles. The smallest absolute Gasteiger partial charge is 0.288 e. The molecule has 2 rings (SSSR count). The number of imide groups is 1. The molecule has 20 heavy (non-hydrogen) atoms. The van der Waals surface area contributed by atoms with Crippen molar-refractivity contribution in [3.8, 4) is 0 Å². The van der Waals surface area contributed by atoms with Gasteiger partial charge in [-0.1, -0.05) is 11.8 Å². The number of anilines is 1. The standard InChI is InChI=1S/C11H12N4O4S/c12-13-9-2-1-8(15(18)19)5-7(9)6-14-10(16)3-4-20-11(14)17/h1-2,5,13H,3-4,6,12H2. The highest BCUT2D eigenvalue weighted by molar-refractivity contribution is 8.13. The van der Waals surface area contributed by atoms with E-state index in [9.17, 15) is 19.7 Å². The minimum absolute atomic E-state index is 0.0358. The Morgan fingerprint density at radius 3 is 2.80 bits per heavy atom. The Labute approximate surface area is 118 Å². The first-order valence-corrected chi connectivity index (χ1v) is 6.72. The fraction of sp³-hybridized carbons (Fsp3) is 0.273. The number of hydrogen-bond acceptors (Lipinski definition) is 7. The summed E-state index contributed by atoms with van der Waals surface area (Å²) in [7, 11) is 0. The van der Waals surface area contributed by atoms with Crippen molar-refractivity contribution in [2.45, 2.75) is 13.0 Å². The molecule has 1 fully saturated rings. The Kier molecular flexibility index (Phi) is 4.20. The van der Waals surface area contributed by atoms with Gasteiger partial charge in [-0.25, -0.2) is 0 Å². The zero-order chi connectivity index (χ0) is 14.7. The molecule has 0 spiro atoms. The van der Waals surface area contributed by atoms with Gasteiger partial charge in [0, 0.05) is 29.9 Å². The number of nitrogens with zero attached hydrogens (tertiary/aromatic N) is 2. The number of carbonyl (C=O) groups is 2. The summed E-state index contributed by atoms with van der Waals surface area (Å²) in [6.07, 6.45) is 0.275. The molecule has 0 unspecified atom stereocenters. The second-order valence-electron chi connectivity index (χ2n) is 4.09. The molecule has 1 aliphatic rings. The maximum absolute atomic E-state index is 11.7. The Morgan fingerprint density at radius 2 is 2.20 bits per heavy atom. The zero-order valence-electron chi connectivity index (χ0n) is 10.4. The van der Waals surface area contributed by atoms with Crippen molar-refractivity contribution in [1.82, 2.24) is 4.90 Å². The maximum atomic E-state index is 11.7. The molecule has 1 aromatic carbocycles. The highest BCUT2D eigenvalue weighted by Gasteiger charge is 2.27. The predicted molar refractivity (Wildman–Crippen MR) is 73.9 cm³/mol. The molecule has 0 radical (unpaired) electrons. The topological polar surface area (TPSA) is 119 Å². The first-order chi connectivity index (χ1) is 9.52. The summed E-state index contributed by atoms with van der Waals surface area (Å²) in [5.41, 5.74) is 3.14. The predicted octanol–water partition coefficient (Wildman–Crippen LogP) is 1.47. The van der Waals surface area contributed by atoms with Gasteiger partial charge in [0.25, 0.3) is 10.9 Å². The summed E-state index contributed by atoms with van der Waals surface area (Å²) in [5, 5.41) is 10.4. The molecule has 0 atom stereocenters. The number of nitro groups is 1. The third-order valence-corrected chi connectivity index (χ3v) is 3.72. The number of amides is 2. The lowest BCUT2D eigenvalue weighted by Gasteiger charge is -2.24. The molecule has 106 valence electrons. The van der Waals surface area contributed by atoms with E-state index in [0.717, 1.165) is 16.7 Å². The number of carbonyl (C=O) groups excluding carboxylic acids is 2. The van der Waals surface area contributed by atoms with E-state index in [1.165, 1.54) is 18.2 Å². The third-order valence-electron chi connectivity index (χ3n) is 2.85. The SMILES string of the molecule is NNc1ccc([N+](=O)[O-])cc1CN1C(=O)CCSC1=O. The number of thioether (sulfide) groups is 1. The Hall–Kier alpha value is -2.13. The largest absolute Gasteiger partial charge is 0.324 e. The van der Waals surface area contributed by atoms with Gasteiger partial charge in [-0.05, 0) is 6.07 Å². The summed E-state index contributed by atoms with van der Waals surface area (Å²) in [6.45, 7) is -0.0358. The average Bonchev–Trinajstić information content (AvgIpc) is 2.42. The van der Waals surface area contributed by atoms with E-state index in [-0.39, 0.29) is 29.8 Å². The fourth-order valence-corrected chi connectivity index (χ4v) is 2.60. The lowest BCUT2D eigenvalue weighted by atomic mass is 10.1. The van der Waals surface area contributed by atoms with Crippen LogP contribution in [0.5, 0.6) is 0 Å². The van der Waals surface area contributed by atoms with Crippen LogP contribution in [0.15, 0.2) is 18.2 Å². The molecule has 1 aliphatic heterocycles. The molecular formula is C11H12N4O4S. The molecule has 0 bridgehead atoms. The van der Waals surface area contributed by atoms with E-state index < -0.39 is 4.92 Å². The van der Waals surface area contributed by atoms with Gasteiger partial charge in [-0.3, -0.25) is 30.4 Å². The molecule has 1 aromatic rings. The van der Waals surface area contributed by atoms with Crippen molar-refractivity contribution in [3.63, 3.8) is 0 Å². The van der Waals surface area contributed by atoms with Gasteiger partial charge < -0.3 is 5.43 Å². The lowest BCUT2D eigenvalue weighted by molar-refractivity contribution is -0.384. The van der Waals surface area contributed by atoms with Crippen LogP contribution < -0.4 is 11.3 Å². The highest BCUT2D eigenvalue weighted by atomic mass is 32.2. The molecular weight excluding hydrogens is 284 g/mol. The van der Waals surface area contributed by atoms with Crippen molar-refractivity contribution in [2.75, 3.05) is 11.2 Å². The van der Waals surface area contributed by atoms with E-state index in [0.29, 0.717) is 17.0 Å². The van der Waals surface area contributed by atoms with E-state index in [2.05, 4.69) is 5.43 Å². The fourth-order valence-electron chi connectivity index (χ4n) is 1.83. The third kappa shape index (κ3) is 2.89. The number of hydrazine groups is 1. The van der Waals surface area contributed by atoms with Gasteiger partial charge in [0.1, 0.15) is 0 Å². The molecule has 1 saturated heterocycles. The second kappa shape index (κ2) is 5.88. The number of nitro benzene ring substituents is 1. The van der Waals surface area contributed by atoms with E-state index in [1.54, 1.807) is 0 Å². The van der Waals surface area contributed by atoms with Crippen molar-refractivity contribution >= 4 is 34.3 Å². The van der Waals surface area contributed by atoms with Crippen LogP contribution >= 0.6 is 11.8 Å². The summed E-state index contributed by atoms with van der Waals surface area (Å²) < 4.78 is 0. The van der Waals surface area contributed by atoms with Crippen LogP contribution in [0.25, 0.3) is 0 Å². The van der Waals surface area contributed by atoms with Crippen LogP contribution in [0.3, 0.4) is 0 Å². The van der Waals surface area contributed by atoms with Crippen molar-refractivity contribution in [3.05, 3.63) is 33.9 Å². The first kappa shape index (κ1) is 14.3. The molecule has 9 heteroatoms. The van der Waals surface area contributed by atoms with Gasteiger partial charge in [0.05, 0.1) is 17.2 Å². The van der Waals surface area contributed by atoms with E-state index in [4.69, 9.17) is 5.84 Å². The summed E-state index contributed by atoms with van der Waals surface area (Å²) >= 11 is 1.05. The van der Waals surface area contributed by atoms with Gasteiger partial charge in [0.2, 0.25) is 5.91 Å². The van der Waals surface area contributed by atoms with Crippen LogP contribution in [0.2, 0.25) is 0 Å². The minimum Gasteiger partial charge on any atom is -0.324 e. The average molecular weight is 296 g/mol. The Morgan fingerprint density at radius 1 is 1.45 bits per heavy atom. The Bertz CT molecular complexity index is 562. The molecule has 3 N–H and O–H groups in total. The minimum atomic E-state index is -0.543. The van der Waals surface area contributed by atoms with E-state index >= 15 is 0 Å². The maximum Gasteiger partial charge on any atom is 0.288 e. The molecule has 2 amide bonds. The molecule has 0 aliphatic carbocycles. The van der Waals surface area contributed by atoms with Crippen molar-refractivity contribution in [2.24, 2.45) is 5.84 Å². The van der Waals surface area contributed by atoms with Crippen LogP contribution in [-0.2, 0) is 11.3 Å². The highest BCUT2D eigenvalue weighted by Crippen LogP contribution is 2.26. The monoisotopic (exact) mass is 296 g/mol. The lowest BCUT2D eigenvalue weighted by Crippen LogP contribution is -2.37. The number of nitrogens with two attached hydrogens (primary N) is 1. The molecule has 8 nitrogen and oxygen atoms in total. The summed E-state index contributed by atoms with van der Waals surface area (Å²) in [6, 6.07) is 4.04. The number of nitrogen functional groups attached to an aromatic ring is 1. The number of nitrogens with one attached hydrogen (secondary N) is 1. The van der Waals surface area contributed by atoms with Crippen LogP contribution in [0, 0.1) is 10.1 Å². The number of non-ortho nitro benzene ring substituents is 1.